The molecule has 2 aliphatic heterocycles. The standard InChI is InChI=1S/C22H31N3O5/c1-16(17-5-3-2-4-6-17)23-21(27)13-18-7-8-19(20(15-26)30-18)24-22(28)14-25-9-11-29-12-10-25/h2-8,16,18-20,26H,9-15H2,1H3,(H,23,27)(H,24,28)/t16-,18-,19-,20-/m0/s1. The van der Waals surface area contributed by atoms with E-state index in [-0.39, 0.29) is 37.4 Å². The largest absolute Gasteiger partial charge is 0.394 e. The van der Waals surface area contributed by atoms with Crippen LogP contribution in [0.5, 0.6) is 0 Å². The number of amides is 2. The van der Waals surface area contributed by atoms with Crippen LogP contribution in [0.25, 0.3) is 0 Å². The topological polar surface area (TPSA) is 100 Å². The van der Waals surface area contributed by atoms with Gasteiger partial charge >= 0.3 is 0 Å². The highest BCUT2D eigenvalue weighted by Gasteiger charge is 2.29. The third-order valence-electron chi connectivity index (χ3n) is 5.33. The Balaban J connectivity index is 1.47. The summed E-state index contributed by atoms with van der Waals surface area (Å²) in [5.74, 6) is -0.256. The Morgan fingerprint density at radius 3 is 2.60 bits per heavy atom. The average Bonchev–Trinajstić information content (AvgIpc) is 2.76. The molecule has 8 heteroatoms. The van der Waals surface area contributed by atoms with Crippen LogP contribution in [0.3, 0.4) is 0 Å². The van der Waals surface area contributed by atoms with Crippen molar-refractivity contribution in [3.63, 3.8) is 0 Å². The van der Waals surface area contributed by atoms with Crippen LogP contribution >= 0.6 is 0 Å². The molecule has 8 nitrogen and oxygen atoms in total. The van der Waals surface area contributed by atoms with Crippen molar-refractivity contribution in [2.75, 3.05) is 39.5 Å². The van der Waals surface area contributed by atoms with Gasteiger partial charge in [-0.2, -0.15) is 0 Å². The fourth-order valence-corrected chi connectivity index (χ4v) is 3.64. The fraction of sp³-hybridized carbons (Fsp3) is 0.545. The molecule has 164 valence electrons. The van der Waals surface area contributed by atoms with Gasteiger partial charge in [-0.25, -0.2) is 0 Å². The number of aliphatic hydroxyl groups is 1. The van der Waals surface area contributed by atoms with Crippen LogP contribution in [0.4, 0.5) is 0 Å². The molecule has 0 aromatic heterocycles. The zero-order valence-electron chi connectivity index (χ0n) is 17.3. The van der Waals surface area contributed by atoms with E-state index in [0.717, 1.165) is 18.7 Å². The van der Waals surface area contributed by atoms with Crippen LogP contribution in [0.15, 0.2) is 42.5 Å². The van der Waals surface area contributed by atoms with Gasteiger partial charge in [0, 0.05) is 13.1 Å². The maximum absolute atomic E-state index is 12.4. The van der Waals surface area contributed by atoms with Crippen molar-refractivity contribution in [3.8, 4) is 0 Å². The maximum atomic E-state index is 12.4. The lowest BCUT2D eigenvalue weighted by atomic mass is 10.0. The molecule has 0 spiro atoms. The summed E-state index contributed by atoms with van der Waals surface area (Å²) < 4.78 is 11.1. The number of carbonyl (C=O) groups excluding carboxylic acids is 2. The molecule has 30 heavy (non-hydrogen) atoms. The smallest absolute Gasteiger partial charge is 0.234 e. The van der Waals surface area contributed by atoms with E-state index in [1.807, 2.05) is 42.2 Å². The molecule has 2 heterocycles. The van der Waals surface area contributed by atoms with Crippen molar-refractivity contribution in [2.45, 2.75) is 37.6 Å². The molecule has 1 aromatic carbocycles. The molecule has 3 N–H and O–H groups in total. The Morgan fingerprint density at radius 2 is 1.90 bits per heavy atom. The van der Waals surface area contributed by atoms with Crippen LogP contribution in [0.1, 0.15) is 24.9 Å². The first kappa shape index (κ1) is 22.4. The Bertz CT molecular complexity index is 721. The minimum Gasteiger partial charge on any atom is -0.394 e. The molecule has 0 radical (unpaired) electrons. The van der Waals surface area contributed by atoms with E-state index in [1.54, 1.807) is 12.2 Å². The van der Waals surface area contributed by atoms with Crippen molar-refractivity contribution < 1.29 is 24.2 Å². The minimum atomic E-state index is -0.590. The lowest BCUT2D eigenvalue weighted by molar-refractivity contribution is -0.129. The molecule has 0 unspecified atom stereocenters. The van der Waals surface area contributed by atoms with E-state index in [1.165, 1.54) is 0 Å². The van der Waals surface area contributed by atoms with Crippen LogP contribution in [-0.4, -0.2) is 79.5 Å². The lowest BCUT2D eigenvalue weighted by Crippen LogP contribution is -2.52. The molecule has 0 saturated carbocycles. The van der Waals surface area contributed by atoms with Crippen molar-refractivity contribution in [2.24, 2.45) is 0 Å². The first-order valence-electron chi connectivity index (χ1n) is 10.4. The molecule has 1 saturated heterocycles. The fourth-order valence-electron chi connectivity index (χ4n) is 3.64. The van der Waals surface area contributed by atoms with E-state index in [4.69, 9.17) is 9.47 Å². The van der Waals surface area contributed by atoms with Gasteiger partial charge in [-0.1, -0.05) is 42.5 Å². The molecule has 1 aromatic rings. The molecule has 0 bridgehead atoms. The van der Waals surface area contributed by atoms with E-state index in [0.29, 0.717) is 13.2 Å². The SMILES string of the molecule is C[C@H](NC(=O)C[C@@H]1C=C[C@H](NC(=O)CN2CCOCC2)[C@H](CO)O1)c1ccccc1. The first-order valence-corrected chi connectivity index (χ1v) is 10.4. The van der Waals surface area contributed by atoms with Crippen molar-refractivity contribution in [1.82, 2.24) is 15.5 Å². The Kier molecular flexibility index (Phi) is 8.39. The monoisotopic (exact) mass is 417 g/mol. The maximum Gasteiger partial charge on any atom is 0.234 e. The number of ether oxygens (including phenoxy) is 2. The third kappa shape index (κ3) is 6.63. The quantitative estimate of drug-likeness (QED) is 0.529. The average molecular weight is 418 g/mol. The van der Waals surface area contributed by atoms with Gasteiger partial charge in [-0.05, 0) is 12.5 Å². The molecule has 4 atom stereocenters. The van der Waals surface area contributed by atoms with Gasteiger partial charge in [-0.15, -0.1) is 0 Å². The van der Waals surface area contributed by atoms with Crippen LogP contribution in [-0.2, 0) is 19.1 Å². The number of nitrogens with one attached hydrogen (secondary N) is 2. The molecule has 2 aliphatic rings. The number of carbonyl (C=O) groups is 2. The van der Waals surface area contributed by atoms with E-state index in [9.17, 15) is 14.7 Å². The Hall–Kier alpha value is -2.26. The highest BCUT2D eigenvalue weighted by Crippen LogP contribution is 2.17. The summed E-state index contributed by atoms with van der Waals surface area (Å²) >= 11 is 0. The summed E-state index contributed by atoms with van der Waals surface area (Å²) in [6.07, 6.45) is 2.70. The molecular weight excluding hydrogens is 386 g/mol. The normalized spacial score (nSPS) is 25.5. The van der Waals surface area contributed by atoms with Gasteiger partial charge in [0.25, 0.3) is 0 Å². The summed E-state index contributed by atoms with van der Waals surface area (Å²) in [4.78, 5) is 26.8. The number of hydrogen-bond acceptors (Lipinski definition) is 6. The summed E-state index contributed by atoms with van der Waals surface area (Å²) in [5, 5.41) is 15.6. The van der Waals surface area contributed by atoms with E-state index in [2.05, 4.69) is 10.6 Å². The zero-order valence-corrected chi connectivity index (χ0v) is 17.3. The minimum absolute atomic E-state index is 0.105. The molecule has 3 rings (SSSR count). The van der Waals surface area contributed by atoms with Crippen LogP contribution in [0, 0.1) is 0 Å². The number of nitrogens with zero attached hydrogens (tertiary/aromatic N) is 1. The van der Waals surface area contributed by atoms with Crippen molar-refractivity contribution in [3.05, 3.63) is 48.0 Å². The Morgan fingerprint density at radius 1 is 1.17 bits per heavy atom. The molecular formula is C22H31N3O5. The van der Waals surface area contributed by atoms with Crippen molar-refractivity contribution in [1.29, 1.82) is 0 Å². The predicted molar refractivity (Wildman–Crippen MR) is 112 cm³/mol. The second-order valence-electron chi connectivity index (χ2n) is 7.67. The van der Waals surface area contributed by atoms with Gasteiger partial charge in [0.1, 0.15) is 6.10 Å². The summed E-state index contributed by atoms with van der Waals surface area (Å²) in [6.45, 7) is 4.69. The van der Waals surface area contributed by atoms with Gasteiger partial charge in [0.05, 0.1) is 51.0 Å². The number of morpholine rings is 1. The molecule has 0 aliphatic carbocycles. The number of benzene rings is 1. The molecule has 2 amide bonds. The van der Waals surface area contributed by atoms with Gasteiger partial charge in [0.15, 0.2) is 0 Å². The summed E-state index contributed by atoms with van der Waals surface area (Å²) in [6, 6.07) is 9.21. The van der Waals surface area contributed by atoms with Crippen LogP contribution < -0.4 is 10.6 Å². The van der Waals surface area contributed by atoms with Crippen molar-refractivity contribution >= 4 is 11.8 Å². The summed E-state index contributed by atoms with van der Waals surface area (Å²) in [7, 11) is 0. The Labute approximate surface area is 177 Å². The van der Waals surface area contributed by atoms with Crippen LogP contribution in [0.2, 0.25) is 0 Å². The highest BCUT2D eigenvalue weighted by molar-refractivity contribution is 5.79. The first-order chi connectivity index (χ1) is 14.5. The number of hydrogen-bond donors (Lipinski definition) is 3. The lowest BCUT2D eigenvalue weighted by Gasteiger charge is -2.33. The third-order valence-corrected chi connectivity index (χ3v) is 5.33. The zero-order chi connectivity index (χ0) is 21.3. The second-order valence-corrected chi connectivity index (χ2v) is 7.67. The summed E-state index contributed by atoms with van der Waals surface area (Å²) in [5.41, 5.74) is 1.03. The number of rotatable bonds is 8. The van der Waals surface area contributed by atoms with Gasteiger partial charge in [-0.3, -0.25) is 14.5 Å². The van der Waals surface area contributed by atoms with E-state index < -0.39 is 18.2 Å². The highest BCUT2D eigenvalue weighted by atomic mass is 16.5. The van der Waals surface area contributed by atoms with Gasteiger partial charge < -0.3 is 25.2 Å². The number of aliphatic hydroxyl groups excluding tert-OH is 1. The second kappa shape index (κ2) is 11.2. The van der Waals surface area contributed by atoms with Gasteiger partial charge in [0.2, 0.25) is 11.8 Å². The molecule has 1 fully saturated rings. The van der Waals surface area contributed by atoms with E-state index >= 15 is 0 Å². The predicted octanol–water partition coefficient (Wildman–Crippen LogP) is 0.387.